The van der Waals surface area contributed by atoms with Crippen molar-refractivity contribution in [3.63, 3.8) is 0 Å². The van der Waals surface area contributed by atoms with Gasteiger partial charge in [0.25, 0.3) is 5.91 Å². The van der Waals surface area contributed by atoms with Crippen LogP contribution in [0.15, 0.2) is 35.1 Å². The number of para-hydroxylation sites is 1. The highest BCUT2D eigenvalue weighted by atomic mass is 19.1. The van der Waals surface area contributed by atoms with Gasteiger partial charge in [-0.25, -0.2) is 9.07 Å². The third-order valence-electron chi connectivity index (χ3n) is 4.23. The average molecular weight is 388 g/mol. The van der Waals surface area contributed by atoms with Crippen LogP contribution in [-0.2, 0) is 4.79 Å². The van der Waals surface area contributed by atoms with Gasteiger partial charge in [0.2, 0.25) is 11.3 Å². The number of nitrogens with two attached hydrogens (primary N) is 1. The van der Waals surface area contributed by atoms with E-state index in [1.807, 2.05) is 20.8 Å². The first-order valence-electron chi connectivity index (χ1n) is 8.95. The predicted molar refractivity (Wildman–Crippen MR) is 104 cm³/mol. The molecule has 1 atom stereocenters. The summed E-state index contributed by atoms with van der Waals surface area (Å²) < 4.78 is 15.3. The van der Waals surface area contributed by atoms with Gasteiger partial charge in [0.05, 0.1) is 0 Å². The van der Waals surface area contributed by atoms with E-state index in [1.54, 1.807) is 13.0 Å². The Morgan fingerprint density at radius 1 is 1.29 bits per heavy atom. The van der Waals surface area contributed by atoms with E-state index in [2.05, 4.69) is 10.4 Å². The summed E-state index contributed by atoms with van der Waals surface area (Å²) in [5.74, 6) is -2.07. The molecule has 0 aliphatic rings. The fourth-order valence-electron chi connectivity index (χ4n) is 2.66. The zero-order chi connectivity index (χ0) is 21.1. The number of carbonyl (C=O) groups excluding carboxylic acids is 2. The number of halogens is 1. The van der Waals surface area contributed by atoms with Gasteiger partial charge in [-0.3, -0.25) is 14.4 Å². The normalized spacial score (nSPS) is 12.5. The Balaban J connectivity index is 2.34. The number of rotatable bonds is 6. The van der Waals surface area contributed by atoms with E-state index in [-0.39, 0.29) is 11.1 Å². The molecule has 2 aromatic rings. The van der Waals surface area contributed by atoms with Crippen molar-refractivity contribution in [2.24, 2.45) is 11.1 Å². The van der Waals surface area contributed by atoms with Crippen LogP contribution in [0.2, 0.25) is 0 Å². The number of nitrogens with one attached hydrogen (secondary N) is 1. The molecule has 0 radical (unpaired) electrons. The second-order valence-corrected chi connectivity index (χ2v) is 7.89. The number of aromatic nitrogens is 2. The summed E-state index contributed by atoms with van der Waals surface area (Å²) in [6, 6.07) is 6.14. The number of amides is 2. The quantitative estimate of drug-likeness (QED) is 0.790. The zero-order valence-electron chi connectivity index (χ0n) is 16.5. The predicted octanol–water partition coefficient (Wildman–Crippen LogP) is 2.09. The van der Waals surface area contributed by atoms with Crippen LogP contribution in [0.1, 0.15) is 49.8 Å². The first-order valence-corrected chi connectivity index (χ1v) is 8.95. The van der Waals surface area contributed by atoms with Crippen LogP contribution in [0, 0.1) is 18.2 Å². The molecule has 1 aromatic heterocycles. The first kappa shape index (κ1) is 21.3. The molecule has 1 heterocycles. The van der Waals surface area contributed by atoms with Gasteiger partial charge >= 0.3 is 0 Å². The van der Waals surface area contributed by atoms with E-state index < -0.39 is 34.8 Å². The molecule has 150 valence electrons. The Bertz CT molecular complexity index is 947. The van der Waals surface area contributed by atoms with Crippen LogP contribution in [0.4, 0.5) is 4.39 Å². The fraction of sp³-hybridized carbons (Fsp3) is 0.400. The number of hydrogen-bond acceptors (Lipinski definition) is 4. The van der Waals surface area contributed by atoms with Crippen molar-refractivity contribution >= 4 is 11.8 Å². The van der Waals surface area contributed by atoms with Gasteiger partial charge in [-0.1, -0.05) is 32.9 Å². The second kappa shape index (κ2) is 8.33. The van der Waals surface area contributed by atoms with Gasteiger partial charge in [0, 0.05) is 11.8 Å². The summed E-state index contributed by atoms with van der Waals surface area (Å²) in [4.78, 5) is 36.6. The van der Waals surface area contributed by atoms with Crippen LogP contribution >= 0.6 is 0 Å². The number of hydrogen-bond donors (Lipinski definition) is 2. The van der Waals surface area contributed by atoms with Crippen molar-refractivity contribution < 1.29 is 14.0 Å². The number of carbonyl (C=O) groups is 2. The van der Waals surface area contributed by atoms with Gasteiger partial charge in [-0.05, 0) is 37.3 Å². The van der Waals surface area contributed by atoms with E-state index in [4.69, 9.17) is 5.73 Å². The van der Waals surface area contributed by atoms with Gasteiger partial charge in [0.1, 0.15) is 17.5 Å². The standard InChI is InChI=1S/C20H25FN4O3/c1-12-11-16(26)17(24-25(12)15-8-6-5-7-13(15)21)19(28)23-14(18(22)27)9-10-20(2,3)4/h5-8,11,14H,9-10H2,1-4H3,(H2,22,27)(H,23,28)/t14-/m0/s1. The SMILES string of the molecule is Cc1cc(=O)c(C(=O)N[C@@H](CCC(C)(C)C)C(N)=O)nn1-c1ccccc1F. The third-order valence-corrected chi connectivity index (χ3v) is 4.23. The summed E-state index contributed by atoms with van der Waals surface area (Å²) >= 11 is 0. The maximum atomic E-state index is 14.1. The lowest BCUT2D eigenvalue weighted by molar-refractivity contribution is -0.120. The number of primary amides is 1. The molecule has 0 fully saturated rings. The van der Waals surface area contributed by atoms with E-state index >= 15 is 0 Å². The fourth-order valence-corrected chi connectivity index (χ4v) is 2.66. The topological polar surface area (TPSA) is 107 Å². The molecule has 0 spiro atoms. The summed E-state index contributed by atoms with van der Waals surface area (Å²) in [6.07, 6.45) is 0.972. The van der Waals surface area contributed by atoms with E-state index in [9.17, 15) is 18.8 Å². The lowest BCUT2D eigenvalue weighted by atomic mass is 9.88. The summed E-state index contributed by atoms with van der Waals surface area (Å²) in [6.45, 7) is 7.59. The molecule has 0 saturated carbocycles. The van der Waals surface area contributed by atoms with Gasteiger partial charge in [-0.2, -0.15) is 5.10 Å². The third kappa shape index (κ3) is 5.25. The zero-order valence-corrected chi connectivity index (χ0v) is 16.5. The van der Waals surface area contributed by atoms with Gasteiger partial charge in [-0.15, -0.1) is 0 Å². The number of benzene rings is 1. The molecule has 0 aliphatic heterocycles. The van der Waals surface area contributed by atoms with Gasteiger partial charge < -0.3 is 11.1 Å². The Morgan fingerprint density at radius 3 is 2.50 bits per heavy atom. The Hall–Kier alpha value is -3.03. The lowest BCUT2D eigenvalue weighted by Crippen LogP contribution is -2.46. The summed E-state index contributed by atoms with van der Waals surface area (Å²) in [5.41, 5.74) is 4.74. The van der Waals surface area contributed by atoms with Crippen molar-refractivity contribution in [1.82, 2.24) is 15.1 Å². The highest BCUT2D eigenvalue weighted by molar-refractivity contribution is 5.95. The van der Waals surface area contributed by atoms with Gasteiger partial charge in [0.15, 0.2) is 5.69 Å². The van der Waals surface area contributed by atoms with Crippen LogP contribution in [0.5, 0.6) is 0 Å². The molecule has 28 heavy (non-hydrogen) atoms. The van der Waals surface area contributed by atoms with Crippen molar-refractivity contribution in [2.75, 3.05) is 0 Å². The summed E-state index contributed by atoms with van der Waals surface area (Å²) in [5, 5.41) is 6.50. The molecule has 2 amide bonds. The van der Waals surface area contributed by atoms with E-state index in [1.165, 1.54) is 28.9 Å². The molecule has 0 saturated heterocycles. The van der Waals surface area contributed by atoms with Crippen LogP contribution < -0.4 is 16.5 Å². The van der Waals surface area contributed by atoms with Crippen molar-refractivity contribution in [1.29, 1.82) is 0 Å². The molecule has 0 unspecified atom stereocenters. The van der Waals surface area contributed by atoms with Crippen molar-refractivity contribution in [3.05, 3.63) is 57.8 Å². The molecule has 3 N–H and O–H groups in total. The summed E-state index contributed by atoms with van der Waals surface area (Å²) in [7, 11) is 0. The Kier molecular flexibility index (Phi) is 6.33. The molecule has 7 nitrogen and oxygen atoms in total. The highest BCUT2D eigenvalue weighted by Gasteiger charge is 2.24. The average Bonchev–Trinajstić information content (AvgIpc) is 2.58. The molecule has 1 aromatic carbocycles. The number of aryl methyl sites for hydroxylation is 1. The molecule has 2 rings (SSSR count). The highest BCUT2D eigenvalue weighted by Crippen LogP contribution is 2.21. The molecule has 8 heteroatoms. The monoisotopic (exact) mass is 388 g/mol. The Labute approximate surface area is 162 Å². The first-order chi connectivity index (χ1) is 13.0. The smallest absolute Gasteiger partial charge is 0.276 e. The minimum atomic E-state index is -0.934. The van der Waals surface area contributed by atoms with Crippen molar-refractivity contribution in [3.8, 4) is 5.69 Å². The van der Waals surface area contributed by atoms with Crippen LogP contribution in [-0.4, -0.2) is 27.6 Å². The molecule has 0 bridgehead atoms. The Morgan fingerprint density at radius 2 is 1.93 bits per heavy atom. The maximum Gasteiger partial charge on any atom is 0.276 e. The largest absolute Gasteiger partial charge is 0.368 e. The molecule has 0 aliphatic carbocycles. The van der Waals surface area contributed by atoms with Crippen LogP contribution in [0.25, 0.3) is 5.69 Å². The molecular weight excluding hydrogens is 363 g/mol. The molecular formula is C20H25FN4O3. The lowest BCUT2D eigenvalue weighted by Gasteiger charge is -2.22. The minimum absolute atomic E-state index is 0.0575. The second-order valence-electron chi connectivity index (χ2n) is 7.89. The minimum Gasteiger partial charge on any atom is -0.368 e. The maximum absolute atomic E-state index is 14.1. The van der Waals surface area contributed by atoms with E-state index in [0.29, 0.717) is 18.5 Å². The number of nitrogens with zero attached hydrogens (tertiary/aromatic N) is 2. The van der Waals surface area contributed by atoms with Crippen LogP contribution in [0.3, 0.4) is 0 Å². The van der Waals surface area contributed by atoms with E-state index in [0.717, 1.165) is 0 Å². The van der Waals surface area contributed by atoms with Crippen molar-refractivity contribution in [2.45, 2.75) is 46.6 Å².